The van der Waals surface area contributed by atoms with Crippen LogP contribution in [0.1, 0.15) is 39.5 Å². The number of hydrogen-bond acceptors (Lipinski definition) is 3. The number of nitrogens with one attached hydrogen (secondary N) is 1. The minimum absolute atomic E-state index is 0.324. The van der Waals surface area contributed by atoms with Crippen molar-refractivity contribution in [3.8, 4) is 0 Å². The maximum atomic E-state index is 9.52. The van der Waals surface area contributed by atoms with Crippen LogP contribution in [0, 0.1) is 11.8 Å². The summed E-state index contributed by atoms with van der Waals surface area (Å²) in [7, 11) is 1.63. The predicted molar refractivity (Wildman–Crippen MR) is 66.5 cm³/mol. The first-order chi connectivity index (χ1) is 7.63. The van der Waals surface area contributed by atoms with Gasteiger partial charge in [0.25, 0.3) is 0 Å². The van der Waals surface area contributed by atoms with Crippen molar-refractivity contribution < 1.29 is 9.84 Å². The molecule has 0 aromatic carbocycles. The molecular formula is C13H27NO2. The van der Waals surface area contributed by atoms with Crippen LogP contribution in [0.25, 0.3) is 0 Å². The summed E-state index contributed by atoms with van der Waals surface area (Å²) in [5, 5.41) is 13.1. The largest absolute Gasteiger partial charge is 0.391 e. The van der Waals surface area contributed by atoms with Gasteiger partial charge in [-0.05, 0) is 44.1 Å². The third-order valence-electron chi connectivity index (χ3n) is 3.67. The Labute approximate surface area is 99.6 Å². The average molecular weight is 229 g/mol. The highest BCUT2D eigenvalue weighted by Crippen LogP contribution is 2.28. The summed E-state index contributed by atoms with van der Waals surface area (Å²) >= 11 is 0. The van der Waals surface area contributed by atoms with Gasteiger partial charge < -0.3 is 15.2 Å². The van der Waals surface area contributed by atoms with Crippen LogP contribution in [0.15, 0.2) is 0 Å². The molecule has 0 bridgehead atoms. The van der Waals surface area contributed by atoms with Crippen molar-refractivity contribution in [2.45, 2.75) is 51.7 Å². The standard InChI is InChI=1S/C13H27NO2/c1-10-4-5-13(11(2)8-10)14-7-6-12(15)9-16-3/h10-15H,4-9H2,1-3H3. The smallest absolute Gasteiger partial charge is 0.0785 e. The van der Waals surface area contributed by atoms with Gasteiger partial charge in [0.2, 0.25) is 0 Å². The molecule has 1 saturated carbocycles. The average Bonchev–Trinajstić information content (AvgIpc) is 2.22. The normalized spacial score (nSPS) is 32.6. The van der Waals surface area contributed by atoms with Crippen molar-refractivity contribution in [3.63, 3.8) is 0 Å². The van der Waals surface area contributed by atoms with Crippen molar-refractivity contribution in [2.75, 3.05) is 20.3 Å². The molecule has 4 unspecified atom stereocenters. The number of aliphatic hydroxyl groups is 1. The Kier molecular flexibility index (Phi) is 6.32. The minimum atomic E-state index is -0.324. The Morgan fingerprint density at radius 2 is 2.12 bits per heavy atom. The first-order valence-corrected chi connectivity index (χ1v) is 6.53. The van der Waals surface area contributed by atoms with Crippen LogP contribution in [0.5, 0.6) is 0 Å². The third-order valence-corrected chi connectivity index (χ3v) is 3.67. The fraction of sp³-hybridized carbons (Fsp3) is 1.00. The predicted octanol–water partition coefficient (Wildman–Crippen LogP) is 1.80. The van der Waals surface area contributed by atoms with Crippen LogP contribution in [0.4, 0.5) is 0 Å². The quantitative estimate of drug-likeness (QED) is 0.730. The summed E-state index contributed by atoms with van der Waals surface area (Å²) in [6, 6.07) is 0.644. The second-order valence-electron chi connectivity index (χ2n) is 5.35. The lowest BCUT2D eigenvalue weighted by molar-refractivity contribution is 0.0580. The van der Waals surface area contributed by atoms with E-state index in [0.29, 0.717) is 12.6 Å². The highest BCUT2D eigenvalue weighted by molar-refractivity contribution is 4.81. The van der Waals surface area contributed by atoms with E-state index in [0.717, 1.165) is 24.8 Å². The van der Waals surface area contributed by atoms with Crippen LogP contribution in [0.2, 0.25) is 0 Å². The summed E-state index contributed by atoms with van der Waals surface area (Å²) in [6.45, 7) is 6.01. The molecule has 0 spiro atoms. The monoisotopic (exact) mass is 229 g/mol. The lowest BCUT2D eigenvalue weighted by Crippen LogP contribution is -2.40. The lowest BCUT2D eigenvalue weighted by Gasteiger charge is -2.33. The molecule has 16 heavy (non-hydrogen) atoms. The molecule has 96 valence electrons. The Morgan fingerprint density at radius 3 is 2.75 bits per heavy atom. The van der Waals surface area contributed by atoms with Gasteiger partial charge in [0.15, 0.2) is 0 Å². The molecule has 0 radical (unpaired) electrons. The van der Waals surface area contributed by atoms with E-state index in [9.17, 15) is 5.11 Å². The molecule has 3 heteroatoms. The molecule has 0 heterocycles. The number of aliphatic hydroxyl groups excluding tert-OH is 1. The van der Waals surface area contributed by atoms with Crippen molar-refractivity contribution in [3.05, 3.63) is 0 Å². The van der Waals surface area contributed by atoms with Gasteiger partial charge in [0, 0.05) is 13.2 Å². The molecule has 1 aliphatic rings. The van der Waals surface area contributed by atoms with Crippen LogP contribution in [-0.4, -0.2) is 37.5 Å². The molecule has 0 saturated heterocycles. The first-order valence-electron chi connectivity index (χ1n) is 6.53. The van der Waals surface area contributed by atoms with Crippen molar-refractivity contribution in [2.24, 2.45) is 11.8 Å². The lowest BCUT2D eigenvalue weighted by atomic mass is 9.80. The summed E-state index contributed by atoms with van der Waals surface area (Å²) in [6.07, 6.45) is 4.41. The Hall–Kier alpha value is -0.120. The SMILES string of the molecule is COCC(O)CCNC1CCC(C)CC1C. The van der Waals surface area contributed by atoms with Gasteiger partial charge in [-0.2, -0.15) is 0 Å². The van der Waals surface area contributed by atoms with E-state index in [1.165, 1.54) is 19.3 Å². The number of ether oxygens (including phenoxy) is 1. The highest BCUT2D eigenvalue weighted by Gasteiger charge is 2.24. The summed E-state index contributed by atoms with van der Waals surface area (Å²) in [5.41, 5.74) is 0. The molecule has 1 rings (SSSR count). The van der Waals surface area contributed by atoms with Crippen molar-refractivity contribution >= 4 is 0 Å². The number of rotatable bonds is 6. The van der Waals surface area contributed by atoms with E-state index in [-0.39, 0.29) is 6.10 Å². The maximum Gasteiger partial charge on any atom is 0.0785 e. The molecule has 0 aliphatic heterocycles. The Morgan fingerprint density at radius 1 is 1.38 bits per heavy atom. The van der Waals surface area contributed by atoms with Crippen LogP contribution in [-0.2, 0) is 4.74 Å². The fourth-order valence-electron chi connectivity index (χ4n) is 2.68. The highest BCUT2D eigenvalue weighted by atomic mass is 16.5. The van der Waals surface area contributed by atoms with E-state index in [4.69, 9.17) is 4.74 Å². The van der Waals surface area contributed by atoms with E-state index in [2.05, 4.69) is 19.2 Å². The van der Waals surface area contributed by atoms with Crippen LogP contribution >= 0.6 is 0 Å². The zero-order valence-corrected chi connectivity index (χ0v) is 10.9. The van der Waals surface area contributed by atoms with Gasteiger partial charge in [0.05, 0.1) is 12.7 Å². The van der Waals surface area contributed by atoms with Crippen molar-refractivity contribution in [1.29, 1.82) is 0 Å². The molecular weight excluding hydrogens is 202 g/mol. The van der Waals surface area contributed by atoms with E-state index < -0.39 is 0 Å². The molecule has 2 N–H and O–H groups in total. The van der Waals surface area contributed by atoms with E-state index in [1.807, 2.05) is 0 Å². The molecule has 1 fully saturated rings. The van der Waals surface area contributed by atoms with E-state index >= 15 is 0 Å². The van der Waals surface area contributed by atoms with Crippen LogP contribution in [0.3, 0.4) is 0 Å². The molecule has 4 atom stereocenters. The molecule has 0 aromatic rings. The zero-order valence-electron chi connectivity index (χ0n) is 10.9. The first kappa shape index (κ1) is 13.9. The van der Waals surface area contributed by atoms with Gasteiger partial charge in [-0.1, -0.05) is 13.8 Å². The molecule has 3 nitrogen and oxygen atoms in total. The number of hydrogen-bond donors (Lipinski definition) is 2. The van der Waals surface area contributed by atoms with Crippen molar-refractivity contribution in [1.82, 2.24) is 5.32 Å². The number of methoxy groups -OCH3 is 1. The van der Waals surface area contributed by atoms with Gasteiger partial charge >= 0.3 is 0 Å². The fourth-order valence-corrected chi connectivity index (χ4v) is 2.68. The third kappa shape index (κ3) is 4.81. The topological polar surface area (TPSA) is 41.5 Å². The van der Waals surface area contributed by atoms with Gasteiger partial charge in [0.1, 0.15) is 0 Å². The second-order valence-corrected chi connectivity index (χ2v) is 5.35. The molecule has 1 aliphatic carbocycles. The second kappa shape index (κ2) is 7.25. The molecule has 0 aromatic heterocycles. The minimum Gasteiger partial charge on any atom is -0.391 e. The Bertz CT molecular complexity index is 187. The van der Waals surface area contributed by atoms with Gasteiger partial charge in [-0.25, -0.2) is 0 Å². The van der Waals surface area contributed by atoms with E-state index in [1.54, 1.807) is 7.11 Å². The summed E-state index contributed by atoms with van der Waals surface area (Å²) < 4.78 is 4.90. The summed E-state index contributed by atoms with van der Waals surface area (Å²) in [4.78, 5) is 0. The summed E-state index contributed by atoms with van der Waals surface area (Å²) in [5.74, 6) is 1.65. The molecule has 0 amide bonds. The van der Waals surface area contributed by atoms with Gasteiger partial charge in [-0.15, -0.1) is 0 Å². The maximum absolute atomic E-state index is 9.52. The van der Waals surface area contributed by atoms with Crippen LogP contribution < -0.4 is 5.32 Å². The van der Waals surface area contributed by atoms with Gasteiger partial charge in [-0.3, -0.25) is 0 Å². The zero-order chi connectivity index (χ0) is 12.0. The Balaban J connectivity index is 2.12.